The molecule has 0 aliphatic carbocycles. The lowest BCUT2D eigenvalue weighted by molar-refractivity contribution is -0.121. The van der Waals surface area contributed by atoms with Crippen molar-refractivity contribution >= 4 is 18.5 Å². The van der Waals surface area contributed by atoms with E-state index in [1.54, 1.807) is 0 Å². The van der Waals surface area contributed by atoms with Crippen molar-refractivity contribution < 1.29 is 4.79 Å². The fraction of sp³-hybridized carbons (Fsp3) is 0.900. The van der Waals surface area contributed by atoms with E-state index in [1.807, 2.05) is 27.9 Å². The van der Waals surface area contributed by atoms with Gasteiger partial charge in [-0.3, -0.25) is 4.79 Å². The van der Waals surface area contributed by atoms with Crippen LogP contribution in [0, 0.1) is 5.92 Å². The molecule has 0 spiro atoms. The summed E-state index contributed by atoms with van der Waals surface area (Å²) in [6.07, 6.45) is 0.983. The van der Waals surface area contributed by atoms with Gasteiger partial charge in [0.2, 0.25) is 5.91 Å². The van der Waals surface area contributed by atoms with Crippen molar-refractivity contribution in [2.24, 2.45) is 5.92 Å². The molecule has 0 saturated carbocycles. The third-order valence-corrected chi connectivity index (χ3v) is 2.81. The number of rotatable bonds is 6. The highest BCUT2D eigenvalue weighted by molar-refractivity contribution is 7.81. The second kappa shape index (κ2) is 7.12. The molecule has 84 valence electrons. The van der Waals surface area contributed by atoms with Crippen LogP contribution in [0.3, 0.4) is 0 Å². The van der Waals surface area contributed by atoms with Crippen LogP contribution < -0.4 is 5.32 Å². The topological polar surface area (TPSA) is 32.3 Å². The van der Waals surface area contributed by atoms with Crippen molar-refractivity contribution in [2.45, 2.75) is 25.5 Å². The molecule has 1 unspecified atom stereocenters. The molecule has 0 aromatic carbocycles. The summed E-state index contributed by atoms with van der Waals surface area (Å²) in [6.45, 7) is 5.73. The Labute approximate surface area is 92.7 Å². The minimum Gasteiger partial charge on any atom is -0.355 e. The summed E-state index contributed by atoms with van der Waals surface area (Å²) in [5.41, 5.74) is 0. The van der Waals surface area contributed by atoms with E-state index >= 15 is 0 Å². The maximum Gasteiger partial charge on any atom is 0.233 e. The smallest absolute Gasteiger partial charge is 0.233 e. The number of nitrogens with zero attached hydrogens (tertiary/aromatic N) is 1. The van der Waals surface area contributed by atoms with Crippen molar-refractivity contribution in [3.8, 4) is 0 Å². The minimum absolute atomic E-state index is 0.0436. The molecule has 0 radical (unpaired) electrons. The van der Waals surface area contributed by atoms with Crippen LogP contribution in [-0.2, 0) is 4.79 Å². The van der Waals surface area contributed by atoms with E-state index in [2.05, 4.69) is 22.8 Å². The molecule has 0 aromatic heterocycles. The molecule has 0 aliphatic rings. The molecule has 0 heterocycles. The first kappa shape index (κ1) is 13.8. The normalized spacial score (nSPS) is 13.4. The molecule has 0 saturated heterocycles. The average Bonchev–Trinajstić information content (AvgIpc) is 2.10. The molecule has 1 atom stereocenters. The molecule has 0 rings (SSSR count). The van der Waals surface area contributed by atoms with Crippen molar-refractivity contribution in [3.63, 3.8) is 0 Å². The number of carbonyl (C=O) groups is 1. The highest BCUT2D eigenvalue weighted by Crippen LogP contribution is 2.08. The number of amides is 1. The Morgan fingerprint density at radius 2 is 2.00 bits per heavy atom. The number of nitrogens with one attached hydrogen (secondary N) is 1. The van der Waals surface area contributed by atoms with Gasteiger partial charge in [0.1, 0.15) is 0 Å². The largest absolute Gasteiger partial charge is 0.355 e. The first-order valence-electron chi connectivity index (χ1n) is 5.05. The van der Waals surface area contributed by atoms with Gasteiger partial charge in [0, 0.05) is 6.54 Å². The van der Waals surface area contributed by atoms with Crippen LogP contribution in [0.1, 0.15) is 20.3 Å². The van der Waals surface area contributed by atoms with Crippen molar-refractivity contribution in [1.29, 1.82) is 0 Å². The van der Waals surface area contributed by atoms with Crippen LogP contribution in [-0.4, -0.2) is 43.2 Å². The molecule has 1 N–H and O–H groups in total. The molecule has 0 aromatic rings. The summed E-state index contributed by atoms with van der Waals surface area (Å²) >= 11 is 4.24. The van der Waals surface area contributed by atoms with Gasteiger partial charge >= 0.3 is 0 Å². The minimum atomic E-state index is -0.186. The van der Waals surface area contributed by atoms with E-state index in [4.69, 9.17) is 0 Å². The lowest BCUT2D eigenvalue weighted by atomic mass is 10.1. The number of carbonyl (C=O) groups excluding carboxylic acids is 1. The molecule has 0 aliphatic heterocycles. The van der Waals surface area contributed by atoms with Gasteiger partial charge in [-0.05, 0) is 33.0 Å². The van der Waals surface area contributed by atoms with Gasteiger partial charge < -0.3 is 10.2 Å². The summed E-state index contributed by atoms with van der Waals surface area (Å²) in [6, 6.07) is 0. The standard InChI is InChI=1S/C10H22N2OS/c1-8(2)9(14)10(13)11-6-5-7-12(3)4/h8-9,14H,5-7H2,1-4H3,(H,11,13). The number of hydrogen-bond donors (Lipinski definition) is 2. The van der Waals surface area contributed by atoms with E-state index in [9.17, 15) is 4.79 Å². The third kappa shape index (κ3) is 6.27. The van der Waals surface area contributed by atoms with Crippen molar-refractivity contribution in [2.75, 3.05) is 27.2 Å². The fourth-order valence-corrected chi connectivity index (χ4v) is 1.11. The molecule has 14 heavy (non-hydrogen) atoms. The molecule has 1 amide bonds. The Hall–Kier alpha value is -0.220. The monoisotopic (exact) mass is 218 g/mol. The van der Waals surface area contributed by atoms with E-state index < -0.39 is 0 Å². The summed E-state index contributed by atoms with van der Waals surface area (Å²) in [5.74, 6) is 0.328. The van der Waals surface area contributed by atoms with Crippen LogP contribution in [0.5, 0.6) is 0 Å². The van der Waals surface area contributed by atoms with Crippen molar-refractivity contribution in [3.05, 3.63) is 0 Å². The zero-order valence-corrected chi connectivity index (χ0v) is 10.5. The zero-order valence-electron chi connectivity index (χ0n) is 9.58. The maximum absolute atomic E-state index is 11.4. The van der Waals surface area contributed by atoms with Crippen LogP contribution in [0.15, 0.2) is 0 Å². The van der Waals surface area contributed by atoms with Gasteiger partial charge in [0.25, 0.3) is 0 Å². The van der Waals surface area contributed by atoms with Crippen LogP contribution in [0.2, 0.25) is 0 Å². The van der Waals surface area contributed by atoms with Crippen molar-refractivity contribution in [1.82, 2.24) is 10.2 Å². The van der Waals surface area contributed by atoms with Crippen LogP contribution in [0.4, 0.5) is 0 Å². The molecular formula is C10H22N2OS. The fourth-order valence-electron chi connectivity index (χ4n) is 1.01. The Morgan fingerprint density at radius 3 is 2.43 bits per heavy atom. The second-order valence-electron chi connectivity index (χ2n) is 4.14. The van der Waals surface area contributed by atoms with E-state index in [0.717, 1.165) is 19.5 Å². The number of hydrogen-bond acceptors (Lipinski definition) is 3. The summed E-state index contributed by atoms with van der Waals surface area (Å²) in [4.78, 5) is 13.5. The molecule has 0 fully saturated rings. The van der Waals surface area contributed by atoms with E-state index in [1.165, 1.54) is 0 Å². The van der Waals surface area contributed by atoms with E-state index in [0.29, 0.717) is 0 Å². The Morgan fingerprint density at radius 1 is 1.43 bits per heavy atom. The van der Waals surface area contributed by atoms with Crippen LogP contribution >= 0.6 is 12.6 Å². The lowest BCUT2D eigenvalue weighted by Gasteiger charge is -2.15. The highest BCUT2D eigenvalue weighted by atomic mass is 32.1. The summed E-state index contributed by atoms with van der Waals surface area (Å²) in [7, 11) is 4.05. The predicted molar refractivity (Wildman–Crippen MR) is 63.8 cm³/mol. The van der Waals surface area contributed by atoms with Gasteiger partial charge in [0.15, 0.2) is 0 Å². The second-order valence-corrected chi connectivity index (χ2v) is 4.69. The Bertz CT molecular complexity index is 172. The molecular weight excluding hydrogens is 196 g/mol. The maximum atomic E-state index is 11.4. The van der Waals surface area contributed by atoms with Gasteiger partial charge in [-0.2, -0.15) is 12.6 Å². The first-order valence-corrected chi connectivity index (χ1v) is 5.57. The molecule has 4 heteroatoms. The first-order chi connectivity index (χ1) is 6.45. The van der Waals surface area contributed by atoms with E-state index in [-0.39, 0.29) is 17.1 Å². The van der Waals surface area contributed by atoms with Gasteiger partial charge in [-0.15, -0.1) is 0 Å². The van der Waals surface area contributed by atoms with Gasteiger partial charge in [0.05, 0.1) is 5.25 Å². The Balaban J connectivity index is 3.54. The highest BCUT2D eigenvalue weighted by Gasteiger charge is 2.16. The predicted octanol–water partition coefficient (Wildman–Crippen LogP) is 1.01. The van der Waals surface area contributed by atoms with Crippen LogP contribution in [0.25, 0.3) is 0 Å². The quantitative estimate of drug-likeness (QED) is 0.515. The SMILES string of the molecule is CC(C)C(S)C(=O)NCCCN(C)C. The number of thiol groups is 1. The molecule has 3 nitrogen and oxygen atoms in total. The Kier molecular flexibility index (Phi) is 7.01. The van der Waals surface area contributed by atoms with Gasteiger partial charge in [-0.1, -0.05) is 13.8 Å². The summed E-state index contributed by atoms with van der Waals surface area (Å²) < 4.78 is 0. The zero-order chi connectivity index (χ0) is 11.1. The lowest BCUT2D eigenvalue weighted by Crippen LogP contribution is -2.35. The molecule has 0 bridgehead atoms. The average molecular weight is 218 g/mol. The van der Waals surface area contributed by atoms with Gasteiger partial charge in [-0.25, -0.2) is 0 Å². The summed E-state index contributed by atoms with van der Waals surface area (Å²) in [5, 5.41) is 2.69. The third-order valence-electron chi connectivity index (χ3n) is 1.98.